The van der Waals surface area contributed by atoms with Crippen LogP contribution in [0.1, 0.15) is 10.4 Å². The van der Waals surface area contributed by atoms with Crippen molar-refractivity contribution >= 4 is 17.4 Å². The van der Waals surface area contributed by atoms with Gasteiger partial charge in [0.05, 0.1) is 5.56 Å². The number of benzene rings is 1. The maximum absolute atomic E-state index is 11.3. The minimum Gasteiger partial charge on any atom is -0.492 e. The summed E-state index contributed by atoms with van der Waals surface area (Å²) in [6.45, 7) is 0.939. The van der Waals surface area contributed by atoms with Crippen LogP contribution in [0.2, 0.25) is 0 Å². The zero-order valence-corrected chi connectivity index (χ0v) is 10.9. The third kappa shape index (κ3) is 3.46. The Balaban J connectivity index is 2.12. The number of ether oxygens (including phenoxy) is 1. The molecule has 0 aliphatic heterocycles. The lowest BCUT2D eigenvalue weighted by Gasteiger charge is -2.10. The van der Waals surface area contributed by atoms with Crippen molar-refractivity contribution in [1.29, 1.82) is 0 Å². The standard InChI is InChI=1S/C14H16N4O2/c15-7-9-20-11-5-3-10(4-6-11)18-14-12(13(16)19)2-1-8-17-14/h1-6,8H,7,9,15H2,(H2,16,19)(H,17,18). The van der Waals surface area contributed by atoms with Crippen LogP contribution < -0.4 is 21.5 Å². The van der Waals surface area contributed by atoms with Gasteiger partial charge in [0.15, 0.2) is 0 Å². The molecule has 20 heavy (non-hydrogen) atoms. The lowest BCUT2D eigenvalue weighted by Crippen LogP contribution is -2.14. The van der Waals surface area contributed by atoms with E-state index >= 15 is 0 Å². The summed E-state index contributed by atoms with van der Waals surface area (Å²) in [6.07, 6.45) is 1.59. The van der Waals surface area contributed by atoms with Gasteiger partial charge in [-0.2, -0.15) is 0 Å². The van der Waals surface area contributed by atoms with Gasteiger partial charge in [0.1, 0.15) is 18.2 Å². The van der Waals surface area contributed by atoms with Crippen LogP contribution in [0.3, 0.4) is 0 Å². The van der Waals surface area contributed by atoms with Crippen molar-refractivity contribution in [2.24, 2.45) is 11.5 Å². The van der Waals surface area contributed by atoms with Crippen molar-refractivity contribution in [3.63, 3.8) is 0 Å². The largest absolute Gasteiger partial charge is 0.492 e. The zero-order chi connectivity index (χ0) is 14.4. The number of aromatic nitrogens is 1. The highest BCUT2D eigenvalue weighted by Crippen LogP contribution is 2.20. The van der Waals surface area contributed by atoms with E-state index in [4.69, 9.17) is 16.2 Å². The van der Waals surface area contributed by atoms with Crippen LogP contribution >= 0.6 is 0 Å². The van der Waals surface area contributed by atoms with Gasteiger partial charge >= 0.3 is 0 Å². The number of pyridine rings is 1. The first-order valence-corrected chi connectivity index (χ1v) is 6.15. The lowest BCUT2D eigenvalue weighted by molar-refractivity contribution is 0.100. The molecule has 0 spiro atoms. The Labute approximate surface area is 116 Å². The summed E-state index contributed by atoms with van der Waals surface area (Å²) in [6, 6.07) is 10.6. The van der Waals surface area contributed by atoms with E-state index in [2.05, 4.69) is 10.3 Å². The Kier molecular flexibility index (Phi) is 4.52. The van der Waals surface area contributed by atoms with Gasteiger partial charge < -0.3 is 21.5 Å². The zero-order valence-electron chi connectivity index (χ0n) is 10.9. The number of rotatable bonds is 6. The number of carbonyl (C=O) groups excluding carboxylic acids is 1. The second-order valence-corrected chi connectivity index (χ2v) is 4.05. The van der Waals surface area contributed by atoms with E-state index < -0.39 is 5.91 Å². The number of hydrogen-bond donors (Lipinski definition) is 3. The molecule has 1 heterocycles. The maximum atomic E-state index is 11.3. The Morgan fingerprint density at radius 3 is 2.65 bits per heavy atom. The van der Waals surface area contributed by atoms with E-state index in [-0.39, 0.29) is 0 Å². The van der Waals surface area contributed by atoms with Gasteiger partial charge in [-0.1, -0.05) is 0 Å². The Morgan fingerprint density at radius 1 is 1.25 bits per heavy atom. The van der Waals surface area contributed by atoms with Crippen LogP contribution in [-0.4, -0.2) is 24.0 Å². The second kappa shape index (κ2) is 6.53. The van der Waals surface area contributed by atoms with Gasteiger partial charge in [0.25, 0.3) is 5.91 Å². The third-order valence-electron chi connectivity index (χ3n) is 2.58. The van der Waals surface area contributed by atoms with Crippen molar-refractivity contribution in [1.82, 2.24) is 4.98 Å². The van der Waals surface area contributed by atoms with Gasteiger partial charge in [-0.25, -0.2) is 4.98 Å². The highest BCUT2D eigenvalue weighted by molar-refractivity contribution is 5.98. The van der Waals surface area contributed by atoms with Gasteiger partial charge in [-0.3, -0.25) is 4.79 Å². The molecule has 0 aliphatic rings. The number of hydrogen-bond acceptors (Lipinski definition) is 5. The van der Waals surface area contributed by atoms with E-state index in [9.17, 15) is 4.79 Å². The van der Waals surface area contributed by atoms with E-state index in [1.165, 1.54) is 0 Å². The van der Waals surface area contributed by atoms with Gasteiger partial charge in [-0.15, -0.1) is 0 Å². The van der Waals surface area contributed by atoms with E-state index in [1.54, 1.807) is 18.3 Å². The van der Waals surface area contributed by atoms with Crippen molar-refractivity contribution in [2.45, 2.75) is 0 Å². The first kappa shape index (κ1) is 13.8. The molecular formula is C14H16N4O2. The third-order valence-corrected chi connectivity index (χ3v) is 2.58. The number of carbonyl (C=O) groups is 1. The number of nitrogens with one attached hydrogen (secondary N) is 1. The summed E-state index contributed by atoms with van der Waals surface area (Å²) < 4.78 is 5.38. The lowest BCUT2D eigenvalue weighted by atomic mass is 10.2. The SMILES string of the molecule is NCCOc1ccc(Nc2ncccc2C(N)=O)cc1. The molecular weight excluding hydrogens is 256 g/mol. The molecule has 104 valence electrons. The highest BCUT2D eigenvalue weighted by Gasteiger charge is 2.08. The predicted molar refractivity (Wildman–Crippen MR) is 77.0 cm³/mol. The van der Waals surface area contributed by atoms with Crippen molar-refractivity contribution in [3.8, 4) is 5.75 Å². The van der Waals surface area contributed by atoms with Crippen LogP contribution in [0.15, 0.2) is 42.6 Å². The van der Waals surface area contributed by atoms with E-state index in [0.29, 0.717) is 24.5 Å². The monoisotopic (exact) mass is 272 g/mol. The Hall–Kier alpha value is -2.60. The van der Waals surface area contributed by atoms with Crippen LogP contribution in [-0.2, 0) is 0 Å². The van der Waals surface area contributed by atoms with Crippen molar-refractivity contribution in [3.05, 3.63) is 48.2 Å². The smallest absolute Gasteiger partial charge is 0.252 e. The molecule has 0 bridgehead atoms. The van der Waals surface area contributed by atoms with Crippen molar-refractivity contribution < 1.29 is 9.53 Å². The number of nitrogens with zero attached hydrogens (tertiary/aromatic N) is 1. The molecule has 0 saturated carbocycles. The second-order valence-electron chi connectivity index (χ2n) is 4.05. The maximum Gasteiger partial charge on any atom is 0.252 e. The van der Waals surface area contributed by atoms with E-state index in [1.807, 2.05) is 24.3 Å². The molecule has 0 saturated heterocycles. The van der Waals surface area contributed by atoms with Crippen molar-refractivity contribution in [2.75, 3.05) is 18.5 Å². The summed E-state index contributed by atoms with van der Waals surface area (Å²) in [4.78, 5) is 15.4. The van der Waals surface area contributed by atoms with Gasteiger partial charge in [-0.05, 0) is 36.4 Å². The minimum absolute atomic E-state index is 0.343. The number of primary amides is 1. The highest BCUT2D eigenvalue weighted by atomic mass is 16.5. The molecule has 5 N–H and O–H groups in total. The summed E-state index contributed by atoms with van der Waals surface area (Å²) >= 11 is 0. The topological polar surface area (TPSA) is 103 Å². The fourth-order valence-electron chi connectivity index (χ4n) is 1.65. The van der Waals surface area contributed by atoms with Gasteiger partial charge in [0.2, 0.25) is 0 Å². The normalized spacial score (nSPS) is 10.1. The quantitative estimate of drug-likeness (QED) is 0.734. The first-order valence-electron chi connectivity index (χ1n) is 6.15. The van der Waals surface area contributed by atoms with Crippen LogP contribution in [0.5, 0.6) is 5.75 Å². The summed E-state index contributed by atoms with van der Waals surface area (Å²) in [7, 11) is 0. The Morgan fingerprint density at radius 2 is 2.00 bits per heavy atom. The average Bonchev–Trinajstić information content (AvgIpc) is 2.47. The molecule has 0 unspecified atom stereocenters. The molecule has 1 amide bonds. The molecule has 2 aromatic rings. The summed E-state index contributed by atoms with van der Waals surface area (Å²) in [5.74, 6) is 0.635. The molecule has 1 aromatic carbocycles. The average molecular weight is 272 g/mol. The molecule has 6 nitrogen and oxygen atoms in total. The number of anilines is 2. The fraction of sp³-hybridized carbons (Fsp3) is 0.143. The summed E-state index contributed by atoms with van der Waals surface area (Å²) in [5.41, 5.74) is 11.8. The fourth-order valence-corrected chi connectivity index (χ4v) is 1.65. The molecule has 2 rings (SSSR count). The molecule has 0 aliphatic carbocycles. The molecule has 0 atom stereocenters. The first-order chi connectivity index (χ1) is 9.70. The molecule has 6 heteroatoms. The predicted octanol–water partition coefficient (Wildman–Crippen LogP) is 1.26. The van der Waals surface area contributed by atoms with Crippen LogP contribution in [0.25, 0.3) is 0 Å². The summed E-state index contributed by atoms with van der Waals surface area (Å²) in [5, 5.41) is 3.04. The minimum atomic E-state index is -0.525. The Bertz CT molecular complexity index is 584. The molecule has 1 aromatic heterocycles. The number of amides is 1. The van der Waals surface area contributed by atoms with Gasteiger partial charge in [0, 0.05) is 18.4 Å². The molecule has 0 radical (unpaired) electrons. The van der Waals surface area contributed by atoms with Crippen LogP contribution in [0.4, 0.5) is 11.5 Å². The molecule has 0 fully saturated rings. The van der Waals surface area contributed by atoms with Crippen LogP contribution in [0, 0.1) is 0 Å². The van der Waals surface area contributed by atoms with E-state index in [0.717, 1.165) is 11.4 Å². The number of nitrogens with two attached hydrogens (primary N) is 2.